The second-order valence-corrected chi connectivity index (χ2v) is 6.93. The van der Waals surface area contributed by atoms with Gasteiger partial charge in [-0.2, -0.15) is 12.7 Å². The van der Waals surface area contributed by atoms with Gasteiger partial charge in [0.1, 0.15) is 0 Å². The lowest BCUT2D eigenvalue weighted by molar-refractivity contribution is 0.0935. The van der Waals surface area contributed by atoms with Gasteiger partial charge in [-0.1, -0.05) is 6.07 Å². The molecule has 0 bridgehead atoms. The number of anilines is 2. The summed E-state index contributed by atoms with van der Waals surface area (Å²) in [5.41, 5.74) is 5.70. The molecule has 1 aromatic carbocycles. The first-order valence-electron chi connectivity index (χ1n) is 7.68. The van der Waals surface area contributed by atoms with Crippen LogP contribution in [0.5, 0.6) is 0 Å². The molecule has 1 heterocycles. The van der Waals surface area contributed by atoms with E-state index in [-0.39, 0.29) is 32.8 Å². The number of nitrogens with one attached hydrogen (secondary N) is 2. The Labute approximate surface area is 146 Å². The molecule has 3 amide bonds. The van der Waals surface area contributed by atoms with Gasteiger partial charge in [-0.15, -0.1) is 0 Å². The Morgan fingerprint density at radius 2 is 1.84 bits per heavy atom. The van der Waals surface area contributed by atoms with Crippen LogP contribution in [-0.4, -0.2) is 62.5 Å². The van der Waals surface area contributed by atoms with Crippen LogP contribution in [0.2, 0.25) is 0 Å². The van der Waals surface area contributed by atoms with Gasteiger partial charge in [0.25, 0.3) is 0 Å². The molecule has 0 atom stereocenters. The summed E-state index contributed by atoms with van der Waals surface area (Å²) in [5, 5.41) is 2.37. The van der Waals surface area contributed by atoms with Crippen molar-refractivity contribution in [2.45, 2.75) is 6.92 Å². The molecule has 0 spiro atoms. The van der Waals surface area contributed by atoms with E-state index in [4.69, 9.17) is 10.5 Å². The van der Waals surface area contributed by atoms with E-state index in [9.17, 15) is 18.0 Å². The molecular formula is C14H21N5O5S. The molecule has 1 aromatic rings. The van der Waals surface area contributed by atoms with Crippen molar-refractivity contribution in [3.63, 3.8) is 0 Å². The minimum Gasteiger partial charge on any atom is -0.450 e. The molecule has 10 nitrogen and oxygen atoms in total. The fourth-order valence-electron chi connectivity index (χ4n) is 2.34. The number of rotatable bonds is 5. The quantitative estimate of drug-likeness (QED) is 0.697. The lowest BCUT2D eigenvalue weighted by atomic mass is 10.3. The monoisotopic (exact) mass is 371 g/mol. The Balaban J connectivity index is 1.98. The van der Waals surface area contributed by atoms with Gasteiger partial charge in [0.05, 0.1) is 12.3 Å². The average molecular weight is 371 g/mol. The van der Waals surface area contributed by atoms with E-state index < -0.39 is 22.3 Å². The van der Waals surface area contributed by atoms with Crippen molar-refractivity contribution < 1.29 is 22.7 Å². The topological polar surface area (TPSA) is 134 Å². The van der Waals surface area contributed by atoms with E-state index in [1.54, 1.807) is 25.1 Å². The fourth-order valence-corrected chi connectivity index (χ4v) is 3.54. The summed E-state index contributed by atoms with van der Waals surface area (Å²) < 4.78 is 33.5. The number of piperazine rings is 1. The molecule has 0 unspecified atom stereocenters. The molecular weight excluding hydrogens is 350 g/mol. The van der Waals surface area contributed by atoms with E-state index in [1.165, 1.54) is 15.3 Å². The van der Waals surface area contributed by atoms with E-state index in [1.807, 2.05) is 0 Å². The van der Waals surface area contributed by atoms with Crippen LogP contribution in [0.25, 0.3) is 0 Å². The van der Waals surface area contributed by atoms with Crippen molar-refractivity contribution in [3.05, 3.63) is 24.3 Å². The number of ether oxygens (including phenoxy) is 1. The maximum absolute atomic E-state index is 12.5. The molecule has 0 saturated carbocycles. The molecule has 25 heavy (non-hydrogen) atoms. The van der Waals surface area contributed by atoms with Crippen molar-refractivity contribution >= 4 is 33.7 Å². The molecule has 1 aliphatic rings. The Hall–Kier alpha value is -2.53. The van der Waals surface area contributed by atoms with Gasteiger partial charge in [0.2, 0.25) is 0 Å². The minimum absolute atomic E-state index is 0.160. The number of benzene rings is 1. The van der Waals surface area contributed by atoms with Gasteiger partial charge in [-0.3, -0.25) is 4.72 Å². The third-order valence-electron chi connectivity index (χ3n) is 3.48. The van der Waals surface area contributed by atoms with Crippen LogP contribution in [0, 0.1) is 0 Å². The first-order valence-corrected chi connectivity index (χ1v) is 9.12. The van der Waals surface area contributed by atoms with Crippen molar-refractivity contribution in [2.24, 2.45) is 5.73 Å². The molecule has 0 aliphatic carbocycles. The maximum atomic E-state index is 12.5. The molecule has 1 fully saturated rings. The smallest absolute Gasteiger partial charge is 0.409 e. The van der Waals surface area contributed by atoms with Crippen LogP contribution >= 0.6 is 0 Å². The van der Waals surface area contributed by atoms with Crippen LogP contribution < -0.4 is 15.8 Å². The third-order valence-corrected chi connectivity index (χ3v) is 5.02. The highest BCUT2D eigenvalue weighted by Crippen LogP contribution is 2.18. The summed E-state index contributed by atoms with van der Waals surface area (Å²) in [6.45, 7) is 2.81. The average Bonchev–Trinajstić information content (AvgIpc) is 2.54. The fraction of sp³-hybridized carbons (Fsp3) is 0.429. The molecule has 1 aliphatic heterocycles. The van der Waals surface area contributed by atoms with Crippen molar-refractivity contribution in [3.8, 4) is 0 Å². The predicted octanol–water partition coefficient (Wildman–Crippen LogP) is 0.608. The summed E-state index contributed by atoms with van der Waals surface area (Å²) in [6.07, 6.45) is -0.447. The second-order valence-electron chi connectivity index (χ2n) is 5.26. The van der Waals surface area contributed by atoms with Crippen molar-refractivity contribution in [1.82, 2.24) is 9.21 Å². The number of hydrogen-bond donors (Lipinski definition) is 3. The van der Waals surface area contributed by atoms with Crippen molar-refractivity contribution in [2.75, 3.05) is 42.8 Å². The van der Waals surface area contributed by atoms with E-state index in [0.29, 0.717) is 11.4 Å². The zero-order chi connectivity index (χ0) is 18.4. The normalized spacial score (nSPS) is 15.5. The van der Waals surface area contributed by atoms with E-state index >= 15 is 0 Å². The van der Waals surface area contributed by atoms with Crippen LogP contribution in [-0.2, 0) is 14.9 Å². The van der Waals surface area contributed by atoms with Gasteiger partial charge in [-0.05, 0) is 25.1 Å². The molecule has 11 heteroatoms. The van der Waals surface area contributed by atoms with Crippen LogP contribution in [0.4, 0.5) is 21.0 Å². The first kappa shape index (κ1) is 18.8. The van der Waals surface area contributed by atoms with Crippen molar-refractivity contribution in [1.29, 1.82) is 0 Å². The van der Waals surface area contributed by atoms with E-state index in [2.05, 4.69) is 10.0 Å². The largest absolute Gasteiger partial charge is 0.450 e. The number of nitrogens with zero attached hydrogens (tertiary/aromatic N) is 2. The predicted molar refractivity (Wildman–Crippen MR) is 92.4 cm³/mol. The first-order chi connectivity index (χ1) is 11.8. The highest BCUT2D eigenvalue weighted by atomic mass is 32.2. The molecule has 0 radical (unpaired) electrons. The Kier molecular flexibility index (Phi) is 6.04. The molecule has 2 rings (SSSR count). The van der Waals surface area contributed by atoms with Gasteiger partial charge >= 0.3 is 22.3 Å². The summed E-state index contributed by atoms with van der Waals surface area (Å²) in [4.78, 5) is 24.0. The summed E-state index contributed by atoms with van der Waals surface area (Å²) in [5.74, 6) is 0. The second kappa shape index (κ2) is 8.03. The summed E-state index contributed by atoms with van der Waals surface area (Å²) in [7, 11) is -3.78. The summed E-state index contributed by atoms with van der Waals surface area (Å²) >= 11 is 0. The number of carbonyl (C=O) groups is 2. The number of amides is 3. The zero-order valence-corrected chi connectivity index (χ0v) is 14.6. The Morgan fingerprint density at radius 3 is 2.44 bits per heavy atom. The Bertz CT molecular complexity index is 731. The highest BCUT2D eigenvalue weighted by molar-refractivity contribution is 7.90. The van der Waals surface area contributed by atoms with Gasteiger partial charge in [0.15, 0.2) is 0 Å². The van der Waals surface area contributed by atoms with Crippen LogP contribution in [0.3, 0.4) is 0 Å². The molecule has 1 saturated heterocycles. The van der Waals surface area contributed by atoms with Gasteiger partial charge in [0, 0.05) is 31.9 Å². The standard InChI is InChI=1S/C14H21N5O5S/c1-2-24-14(21)18-6-8-19(9-7-18)25(22,23)17-12-5-3-4-11(10-12)16-13(15)20/h3-5,10,17H,2,6-9H2,1H3,(H3,15,16,20). The lowest BCUT2D eigenvalue weighted by Gasteiger charge is -2.33. The SMILES string of the molecule is CCOC(=O)N1CCN(S(=O)(=O)Nc2cccc(NC(N)=O)c2)CC1. The van der Waals surface area contributed by atoms with Crippen LogP contribution in [0.1, 0.15) is 6.92 Å². The molecule has 138 valence electrons. The number of hydrogen-bond acceptors (Lipinski definition) is 5. The van der Waals surface area contributed by atoms with Gasteiger partial charge < -0.3 is 20.7 Å². The number of urea groups is 1. The Morgan fingerprint density at radius 1 is 1.20 bits per heavy atom. The van der Waals surface area contributed by atoms with E-state index in [0.717, 1.165) is 0 Å². The number of nitrogens with two attached hydrogens (primary N) is 1. The zero-order valence-electron chi connectivity index (χ0n) is 13.8. The highest BCUT2D eigenvalue weighted by Gasteiger charge is 2.29. The van der Waals surface area contributed by atoms with Crippen LogP contribution in [0.15, 0.2) is 24.3 Å². The molecule has 4 N–H and O–H groups in total. The number of primary amides is 1. The maximum Gasteiger partial charge on any atom is 0.409 e. The lowest BCUT2D eigenvalue weighted by Crippen LogP contribution is -2.51. The molecule has 0 aromatic heterocycles. The third kappa shape index (κ3) is 5.22. The number of carbonyl (C=O) groups excluding carboxylic acids is 2. The van der Waals surface area contributed by atoms with Gasteiger partial charge in [-0.25, -0.2) is 9.59 Å². The summed E-state index contributed by atoms with van der Waals surface area (Å²) in [6, 6.07) is 5.44. The minimum atomic E-state index is -3.78.